The third-order valence-corrected chi connectivity index (χ3v) is 9.78. The smallest absolute Gasteiger partial charge is 0.414 e. The summed E-state index contributed by atoms with van der Waals surface area (Å²) >= 11 is 0. The third kappa shape index (κ3) is 6.56. The van der Waals surface area contributed by atoms with Gasteiger partial charge in [-0.1, -0.05) is 42.5 Å². The lowest BCUT2D eigenvalue weighted by Crippen LogP contribution is -2.47. The lowest BCUT2D eigenvalue weighted by molar-refractivity contribution is -0.135. The van der Waals surface area contributed by atoms with Crippen LogP contribution in [0, 0.1) is 0 Å². The first kappa shape index (κ1) is 32.3. The van der Waals surface area contributed by atoms with Crippen LogP contribution < -0.4 is 10.2 Å². The number of aromatic amines is 1. The average molecular weight is 685 g/mol. The number of aliphatic hydroxyl groups is 1. The molecule has 0 bridgehead atoms. The average Bonchev–Trinajstić information content (AvgIpc) is 3.90. The molecule has 5 aromatic rings. The monoisotopic (exact) mass is 684 g/mol. The number of H-pyrrole nitrogens is 1. The highest BCUT2D eigenvalue weighted by Crippen LogP contribution is 2.32. The van der Waals surface area contributed by atoms with Gasteiger partial charge in [-0.25, -0.2) is 14.8 Å². The normalized spacial score (nSPS) is 19.3. The van der Waals surface area contributed by atoms with Crippen molar-refractivity contribution in [1.29, 1.82) is 0 Å². The van der Waals surface area contributed by atoms with E-state index in [-0.39, 0.29) is 31.5 Å². The molecule has 0 radical (unpaired) electrons. The zero-order valence-corrected chi connectivity index (χ0v) is 27.8. The van der Waals surface area contributed by atoms with Crippen molar-refractivity contribution >= 4 is 45.8 Å². The summed E-state index contributed by atoms with van der Waals surface area (Å²) in [5.41, 5.74) is 5.20. The van der Waals surface area contributed by atoms with Crippen molar-refractivity contribution in [3.63, 3.8) is 0 Å². The lowest BCUT2D eigenvalue weighted by Gasteiger charge is -2.29. The van der Waals surface area contributed by atoms with Crippen LogP contribution in [-0.4, -0.2) is 104 Å². The molecular formula is C38H36N8O5. The Labute approximate surface area is 293 Å². The number of nitrogens with one attached hydrogen (secondary N) is 2. The Balaban J connectivity index is 0.865. The maximum absolute atomic E-state index is 13.4. The molecule has 5 heterocycles. The van der Waals surface area contributed by atoms with E-state index in [9.17, 15) is 19.5 Å². The molecule has 0 saturated carbocycles. The van der Waals surface area contributed by atoms with Gasteiger partial charge in [0.1, 0.15) is 6.61 Å². The van der Waals surface area contributed by atoms with Crippen LogP contribution in [0.1, 0.15) is 18.4 Å². The van der Waals surface area contributed by atoms with Crippen molar-refractivity contribution in [3.8, 4) is 22.6 Å². The molecule has 3 aliphatic heterocycles. The van der Waals surface area contributed by atoms with Crippen LogP contribution in [-0.2, 0) is 14.3 Å². The highest BCUT2D eigenvalue weighted by atomic mass is 16.6. The summed E-state index contributed by atoms with van der Waals surface area (Å²) in [4.78, 5) is 52.4. The van der Waals surface area contributed by atoms with Gasteiger partial charge < -0.3 is 20.1 Å². The number of ether oxygens (including phenoxy) is 1. The molecule has 13 nitrogen and oxygen atoms in total. The summed E-state index contributed by atoms with van der Waals surface area (Å²) < 4.78 is 5.04. The van der Waals surface area contributed by atoms with E-state index in [1.807, 2.05) is 58.3 Å². The standard InChI is InChI=1S/C38H36N8O5/c47-33(45-17-12-26(13-18-45)25-2-4-28(5-3-25)35-39-15-1-16-40-35)23-44-19-14-38(50,24-44)36(48)41-29-8-11-32-31(22-29)34(43-42-32)27-6-9-30(10-7-27)46-20-21-51-37(46)49/h1-12,15-16,22,50H,13-14,17-21,23-24H2,(H,41,48)(H,42,43)/t38-/m0/s1. The second-order valence-corrected chi connectivity index (χ2v) is 13.1. The fourth-order valence-corrected chi connectivity index (χ4v) is 6.91. The summed E-state index contributed by atoms with van der Waals surface area (Å²) in [6, 6.07) is 22.8. The van der Waals surface area contributed by atoms with Crippen LogP contribution in [0.15, 0.2) is 91.3 Å². The van der Waals surface area contributed by atoms with Crippen molar-refractivity contribution in [1.82, 2.24) is 30.0 Å². The summed E-state index contributed by atoms with van der Waals surface area (Å²) in [6.45, 7) is 2.60. The number of aromatic nitrogens is 4. The van der Waals surface area contributed by atoms with Gasteiger partial charge in [0.25, 0.3) is 5.91 Å². The van der Waals surface area contributed by atoms with E-state index in [1.54, 1.807) is 29.4 Å². The second kappa shape index (κ2) is 13.4. The Kier molecular flexibility index (Phi) is 8.50. The molecule has 258 valence electrons. The van der Waals surface area contributed by atoms with Gasteiger partial charge in [0, 0.05) is 66.5 Å². The Morgan fingerprint density at radius 2 is 1.71 bits per heavy atom. The Bertz CT molecular complexity index is 2130. The number of carbonyl (C=O) groups excluding carboxylic acids is 3. The molecule has 3 N–H and O–H groups in total. The topological polar surface area (TPSA) is 157 Å². The zero-order chi connectivity index (χ0) is 35.0. The minimum Gasteiger partial charge on any atom is -0.447 e. The third-order valence-electron chi connectivity index (χ3n) is 9.78. The quantitative estimate of drug-likeness (QED) is 0.216. The molecule has 8 rings (SSSR count). The van der Waals surface area contributed by atoms with E-state index in [1.165, 1.54) is 5.57 Å². The number of rotatable bonds is 8. The molecule has 3 aliphatic rings. The molecule has 0 aliphatic carbocycles. The van der Waals surface area contributed by atoms with Crippen LogP contribution >= 0.6 is 0 Å². The molecule has 2 fully saturated rings. The Morgan fingerprint density at radius 1 is 0.941 bits per heavy atom. The van der Waals surface area contributed by atoms with E-state index < -0.39 is 11.5 Å². The minimum atomic E-state index is -1.63. The number of nitrogens with zero attached hydrogens (tertiary/aromatic N) is 6. The molecule has 2 aromatic heterocycles. The molecule has 3 amide bonds. The van der Waals surface area contributed by atoms with E-state index in [0.717, 1.165) is 39.7 Å². The van der Waals surface area contributed by atoms with E-state index in [0.29, 0.717) is 50.0 Å². The summed E-state index contributed by atoms with van der Waals surface area (Å²) in [7, 11) is 0. The predicted octanol–water partition coefficient (Wildman–Crippen LogP) is 4.33. The van der Waals surface area contributed by atoms with Gasteiger partial charge in [-0.05, 0) is 60.4 Å². The lowest BCUT2D eigenvalue weighted by atomic mass is 9.98. The number of hydrogen-bond acceptors (Lipinski definition) is 9. The van der Waals surface area contributed by atoms with E-state index >= 15 is 0 Å². The van der Waals surface area contributed by atoms with Crippen LogP contribution in [0.25, 0.3) is 39.1 Å². The molecule has 13 heteroatoms. The number of fused-ring (bicyclic) bond motifs is 1. The minimum absolute atomic E-state index is 0.0298. The van der Waals surface area contributed by atoms with Crippen molar-refractivity contribution in [2.45, 2.75) is 18.4 Å². The summed E-state index contributed by atoms with van der Waals surface area (Å²) in [6.07, 6.45) is 6.13. The molecular weight excluding hydrogens is 648 g/mol. The predicted molar refractivity (Wildman–Crippen MR) is 192 cm³/mol. The SMILES string of the molecule is O=C(CN1CC[C@@](O)(C(=O)Nc2ccc3[nH]nc(-c4ccc(N5CCOC5=O)cc4)c3c2)C1)N1CC=C(c2ccc(-c3ncccn3)cc2)CC1. The number of anilines is 2. The first-order valence-electron chi connectivity index (χ1n) is 17.0. The van der Waals surface area contributed by atoms with Crippen molar-refractivity contribution in [3.05, 3.63) is 96.8 Å². The van der Waals surface area contributed by atoms with Gasteiger partial charge in [0.05, 0.1) is 24.3 Å². The maximum atomic E-state index is 13.4. The van der Waals surface area contributed by atoms with Crippen molar-refractivity contribution in [2.75, 3.05) is 56.1 Å². The highest BCUT2D eigenvalue weighted by molar-refractivity contribution is 6.01. The van der Waals surface area contributed by atoms with Gasteiger partial charge in [0.2, 0.25) is 5.91 Å². The van der Waals surface area contributed by atoms with Gasteiger partial charge in [-0.3, -0.25) is 24.5 Å². The molecule has 2 saturated heterocycles. The highest BCUT2D eigenvalue weighted by Gasteiger charge is 2.43. The number of carbonyl (C=O) groups is 3. The molecule has 51 heavy (non-hydrogen) atoms. The largest absolute Gasteiger partial charge is 0.447 e. The number of amides is 3. The Hall–Kier alpha value is -5.92. The van der Waals surface area contributed by atoms with E-state index in [4.69, 9.17) is 4.74 Å². The van der Waals surface area contributed by atoms with Gasteiger partial charge in [0.15, 0.2) is 11.4 Å². The van der Waals surface area contributed by atoms with Crippen molar-refractivity contribution in [2.24, 2.45) is 0 Å². The van der Waals surface area contributed by atoms with Crippen molar-refractivity contribution < 1.29 is 24.2 Å². The van der Waals surface area contributed by atoms with Crippen LogP contribution in [0.2, 0.25) is 0 Å². The fraction of sp³-hybridized carbons (Fsp3) is 0.263. The first-order valence-corrected chi connectivity index (χ1v) is 17.0. The summed E-state index contributed by atoms with van der Waals surface area (Å²) in [5, 5.41) is 22.5. The first-order chi connectivity index (χ1) is 24.8. The number of likely N-dealkylation sites (tertiary alicyclic amines) is 1. The number of benzene rings is 3. The van der Waals surface area contributed by atoms with Gasteiger partial charge in [-0.15, -0.1) is 0 Å². The van der Waals surface area contributed by atoms with Crippen LogP contribution in [0.5, 0.6) is 0 Å². The maximum Gasteiger partial charge on any atom is 0.414 e. The zero-order valence-electron chi connectivity index (χ0n) is 27.8. The molecule has 0 spiro atoms. The van der Waals surface area contributed by atoms with Crippen LogP contribution in [0.4, 0.5) is 16.2 Å². The fourth-order valence-electron chi connectivity index (χ4n) is 6.91. The van der Waals surface area contributed by atoms with Gasteiger partial charge in [-0.2, -0.15) is 5.10 Å². The number of hydrogen-bond donors (Lipinski definition) is 3. The molecule has 3 aromatic carbocycles. The Morgan fingerprint density at radius 3 is 2.43 bits per heavy atom. The van der Waals surface area contributed by atoms with Gasteiger partial charge >= 0.3 is 6.09 Å². The van der Waals surface area contributed by atoms with Crippen LogP contribution in [0.3, 0.4) is 0 Å². The number of cyclic esters (lactones) is 1. The molecule has 0 unspecified atom stereocenters. The number of β-amino-alcohol motifs (C(OH)–C–C–N with tert-alkyl or cyclic N) is 1. The van der Waals surface area contributed by atoms with E-state index in [2.05, 4.69) is 43.7 Å². The molecule has 1 atom stereocenters. The second-order valence-electron chi connectivity index (χ2n) is 13.1. The summed E-state index contributed by atoms with van der Waals surface area (Å²) in [5.74, 6) is 0.139.